The van der Waals surface area contributed by atoms with E-state index in [1.54, 1.807) is 6.20 Å². The van der Waals surface area contributed by atoms with Crippen LogP contribution >= 0.6 is 12.2 Å². The Morgan fingerprint density at radius 2 is 2.50 bits per heavy atom. The first kappa shape index (κ1) is 7.43. The van der Waals surface area contributed by atoms with Crippen molar-refractivity contribution in [2.75, 3.05) is 6.54 Å². The van der Waals surface area contributed by atoms with Crippen LogP contribution in [0.2, 0.25) is 0 Å². The first-order valence-corrected chi connectivity index (χ1v) is 2.81. The minimum Gasteiger partial charge on any atom is -0.499 e. The third-order valence-corrected chi connectivity index (χ3v) is 0.684. The molecule has 0 saturated carbocycles. The van der Waals surface area contributed by atoms with Crippen LogP contribution in [0.3, 0.4) is 0 Å². The summed E-state index contributed by atoms with van der Waals surface area (Å²) in [6.45, 7) is 2.81. The number of hydrogen-bond acceptors (Lipinski definition) is 2. The summed E-state index contributed by atoms with van der Waals surface area (Å²) in [7, 11) is 0. The molecule has 0 saturated heterocycles. The molecule has 0 aliphatic heterocycles. The molecule has 0 heterocycles. The quantitative estimate of drug-likeness (QED) is 0.442. The van der Waals surface area contributed by atoms with Gasteiger partial charge in [0.25, 0.3) is 0 Å². The van der Waals surface area contributed by atoms with E-state index in [-0.39, 0.29) is 5.05 Å². The van der Waals surface area contributed by atoms with Gasteiger partial charge in [0.05, 0.1) is 0 Å². The number of aliphatic hydroxyl groups is 1. The Bertz CT molecular complexity index is 101. The lowest BCUT2D eigenvalue weighted by Gasteiger charge is -1.88. The molecule has 46 valence electrons. The second kappa shape index (κ2) is 4.59. The second-order valence-electron chi connectivity index (χ2n) is 1.23. The summed E-state index contributed by atoms with van der Waals surface area (Å²) in [6, 6.07) is 0. The average Bonchev–Trinajstić information content (AvgIpc) is 1.66. The van der Waals surface area contributed by atoms with Gasteiger partial charge in [-0.3, -0.25) is 0 Å². The van der Waals surface area contributed by atoms with E-state index in [0.29, 0.717) is 0 Å². The van der Waals surface area contributed by atoms with E-state index in [0.717, 1.165) is 6.54 Å². The van der Waals surface area contributed by atoms with Gasteiger partial charge in [0.1, 0.15) is 0 Å². The van der Waals surface area contributed by atoms with Gasteiger partial charge in [-0.15, -0.1) is 0 Å². The summed E-state index contributed by atoms with van der Waals surface area (Å²) in [5, 5.41) is 11.1. The minimum absolute atomic E-state index is 0.0917. The van der Waals surface area contributed by atoms with Crippen molar-refractivity contribution in [1.29, 1.82) is 0 Å². The van der Waals surface area contributed by atoms with Gasteiger partial charge in [0.15, 0.2) is 5.05 Å². The summed E-state index contributed by atoms with van der Waals surface area (Å²) >= 11 is 4.34. The Morgan fingerprint density at radius 1 is 1.88 bits per heavy atom. The Morgan fingerprint density at radius 3 is 2.88 bits per heavy atom. The predicted octanol–water partition coefficient (Wildman–Crippen LogP) is 0.995. The van der Waals surface area contributed by atoms with Crippen LogP contribution in [0.5, 0.6) is 0 Å². The summed E-state index contributed by atoms with van der Waals surface area (Å²) in [6.07, 6.45) is 3.04. The van der Waals surface area contributed by atoms with E-state index in [9.17, 15) is 0 Å². The monoisotopic (exact) mass is 131 g/mol. The Kier molecular flexibility index (Phi) is 4.26. The normalized spacial score (nSPS) is 9.62. The lowest BCUT2D eigenvalue weighted by molar-refractivity contribution is 0.573. The van der Waals surface area contributed by atoms with Gasteiger partial charge in [0, 0.05) is 18.8 Å². The molecule has 3 heteroatoms. The molecule has 2 nitrogen and oxygen atoms in total. The van der Waals surface area contributed by atoms with Gasteiger partial charge in [-0.25, -0.2) is 0 Å². The third-order valence-electron chi connectivity index (χ3n) is 0.548. The van der Waals surface area contributed by atoms with Gasteiger partial charge in [-0.1, -0.05) is 0 Å². The molecule has 0 fully saturated rings. The van der Waals surface area contributed by atoms with E-state index < -0.39 is 0 Å². The maximum Gasteiger partial charge on any atom is 0.182 e. The number of hydrogen-bond donors (Lipinski definition) is 2. The zero-order valence-corrected chi connectivity index (χ0v) is 5.53. The molecule has 0 aromatic heterocycles. The van der Waals surface area contributed by atoms with Crippen LogP contribution in [0, 0.1) is 0 Å². The molecule has 8 heavy (non-hydrogen) atoms. The zero-order valence-electron chi connectivity index (χ0n) is 4.72. The molecule has 0 bridgehead atoms. The molecular weight excluding hydrogens is 122 g/mol. The van der Waals surface area contributed by atoms with E-state index in [1.165, 1.54) is 6.08 Å². The lowest BCUT2D eigenvalue weighted by atomic mass is 10.6. The molecule has 2 N–H and O–H groups in total. The van der Waals surface area contributed by atoms with Crippen LogP contribution in [-0.4, -0.2) is 16.7 Å². The molecule has 0 aliphatic carbocycles. The van der Waals surface area contributed by atoms with Crippen LogP contribution in [0.25, 0.3) is 0 Å². The largest absolute Gasteiger partial charge is 0.499 e. The van der Waals surface area contributed by atoms with Gasteiger partial charge >= 0.3 is 0 Å². The van der Waals surface area contributed by atoms with E-state index in [2.05, 4.69) is 17.5 Å². The maximum absolute atomic E-state index is 8.38. The molecular formula is C5H9NOS. The van der Waals surface area contributed by atoms with Gasteiger partial charge < -0.3 is 10.4 Å². The molecule has 0 rings (SSSR count). The van der Waals surface area contributed by atoms with Crippen LogP contribution in [0.4, 0.5) is 0 Å². The highest BCUT2D eigenvalue weighted by molar-refractivity contribution is 7.80. The highest BCUT2D eigenvalue weighted by atomic mass is 32.1. The van der Waals surface area contributed by atoms with E-state index in [1.807, 2.05) is 6.92 Å². The fraction of sp³-hybridized carbons (Fsp3) is 0.400. The standard InChI is InChI=1S/C5H9NOS/c1-2-6-4-3-5(7)8/h3-4,6H,2H2,1H3,(H,7,8). The number of nitrogens with one attached hydrogen (secondary N) is 1. The van der Waals surface area contributed by atoms with Gasteiger partial charge in [0.2, 0.25) is 0 Å². The third kappa shape index (κ3) is 5.43. The minimum atomic E-state index is -0.0917. The highest BCUT2D eigenvalue weighted by Gasteiger charge is 1.74. The summed E-state index contributed by atoms with van der Waals surface area (Å²) in [4.78, 5) is 0. The Hall–Kier alpha value is -0.570. The van der Waals surface area contributed by atoms with Crippen molar-refractivity contribution < 1.29 is 5.11 Å². The van der Waals surface area contributed by atoms with E-state index in [4.69, 9.17) is 5.11 Å². The topological polar surface area (TPSA) is 32.3 Å². The van der Waals surface area contributed by atoms with Crippen LogP contribution < -0.4 is 5.32 Å². The number of thiocarbonyl (C=S) groups is 1. The fourth-order valence-electron chi connectivity index (χ4n) is 0.248. The van der Waals surface area contributed by atoms with Crippen molar-refractivity contribution in [3.05, 3.63) is 12.3 Å². The smallest absolute Gasteiger partial charge is 0.182 e. The molecule has 0 amide bonds. The zero-order chi connectivity index (χ0) is 6.41. The van der Waals surface area contributed by atoms with Crippen molar-refractivity contribution in [2.24, 2.45) is 0 Å². The lowest BCUT2D eigenvalue weighted by Crippen LogP contribution is -2.02. The Labute approximate surface area is 54.2 Å². The average molecular weight is 131 g/mol. The number of rotatable bonds is 3. The molecule has 0 aliphatic rings. The maximum atomic E-state index is 8.38. The molecule has 0 radical (unpaired) electrons. The summed E-state index contributed by atoms with van der Waals surface area (Å²) in [5.41, 5.74) is 0. The van der Waals surface area contributed by atoms with Crippen molar-refractivity contribution in [1.82, 2.24) is 5.32 Å². The van der Waals surface area contributed by atoms with Crippen molar-refractivity contribution in [3.63, 3.8) is 0 Å². The van der Waals surface area contributed by atoms with E-state index >= 15 is 0 Å². The Balaban J connectivity index is 3.20. The van der Waals surface area contributed by atoms with Crippen LogP contribution in [-0.2, 0) is 0 Å². The molecule has 0 atom stereocenters. The van der Waals surface area contributed by atoms with Crippen molar-refractivity contribution >= 4 is 17.3 Å². The molecule has 0 unspecified atom stereocenters. The van der Waals surface area contributed by atoms with Crippen molar-refractivity contribution in [2.45, 2.75) is 6.92 Å². The second-order valence-corrected chi connectivity index (χ2v) is 1.65. The highest BCUT2D eigenvalue weighted by Crippen LogP contribution is 1.70. The summed E-state index contributed by atoms with van der Waals surface area (Å²) in [5.74, 6) is 0. The molecule has 0 spiro atoms. The SMILES string of the molecule is CCNC=CC(O)=S. The van der Waals surface area contributed by atoms with Crippen LogP contribution in [0.15, 0.2) is 12.3 Å². The molecule has 0 aromatic rings. The first-order valence-electron chi connectivity index (χ1n) is 2.40. The van der Waals surface area contributed by atoms with Crippen LogP contribution in [0.1, 0.15) is 6.92 Å². The molecule has 0 aromatic carbocycles. The first-order chi connectivity index (χ1) is 3.77. The predicted molar refractivity (Wildman–Crippen MR) is 38.0 cm³/mol. The van der Waals surface area contributed by atoms with Gasteiger partial charge in [-0.2, -0.15) is 0 Å². The van der Waals surface area contributed by atoms with Gasteiger partial charge in [-0.05, 0) is 19.1 Å². The number of aliphatic hydroxyl groups excluding tert-OH is 1. The van der Waals surface area contributed by atoms with Crippen molar-refractivity contribution in [3.8, 4) is 0 Å². The summed E-state index contributed by atoms with van der Waals surface area (Å²) < 4.78 is 0. The fourth-order valence-corrected chi connectivity index (χ4v) is 0.316.